The van der Waals surface area contributed by atoms with Crippen molar-refractivity contribution in [2.75, 3.05) is 6.54 Å². The predicted molar refractivity (Wildman–Crippen MR) is 83.1 cm³/mol. The maximum absolute atomic E-state index is 12.7. The monoisotopic (exact) mass is 354 g/mol. The molecule has 8 heteroatoms. The number of hydrogen-bond donors (Lipinski definition) is 1. The third-order valence-corrected chi connectivity index (χ3v) is 4.70. The lowest BCUT2D eigenvalue weighted by atomic mass is 9.88. The minimum atomic E-state index is -4.46. The molecule has 1 N–H and O–H groups in total. The van der Waals surface area contributed by atoms with Crippen LogP contribution in [-0.4, -0.2) is 39.8 Å². The van der Waals surface area contributed by atoms with Crippen LogP contribution >= 0.6 is 0 Å². The van der Waals surface area contributed by atoms with Gasteiger partial charge < -0.3 is 10.0 Å². The lowest BCUT2D eigenvalue weighted by Gasteiger charge is -2.38. The van der Waals surface area contributed by atoms with Gasteiger partial charge in [-0.15, -0.1) is 0 Å². The number of aliphatic carboxylic acids is 1. The second kappa shape index (κ2) is 6.16. The maximum atomic E-state index is 12.7. The number of nitrogens with zero attached hydrogens (tertiary/aromatic N) is 2. The molecule has 0 atom stereocenters. The highest BCUT2D eigenvalue weighted by Gasteiger charge is 2.48. The highest BCUT2D eigenvalue weighted by molar-refractivity contribution is 6.47. The van der Waals surface area contributed by atoms with Crippen LogP contribution < -0.4 is 0 Å². The molecule has 1 aliphatic heterocycles. The van der Waals surface area contributed by atoms with E-state index < -0.39 is 35.8 Å². The van der Waals surface area contributed by atoms with Crippen LogP contribution in [0.5, 0.6) is 0 Å². The molecule has 3 rings (SSSR count). The van der Waals surface area contributed by atoms with E-state index in [-0.39, 0.29) is 11.3 Å². The fraction of sp³-hybridized carbons (Fsp3) is 0.471. The Bertz CT molecular complexity index is 720. The molecular weight excluding hydrogens is 337 g/mol. The summed E-state index contributed by atoms with van der Waals surface area (Å²) in [5.74, 6) is -1.67. The van der Waals surface area contributed by atoms with Crippen LogP contribution in [0.4, 0.5) is 13.2 Å². The zero-order chi connectivity index (χ0) is 18.2. The molecule has 134 valence electrons. The smallest absolute Gasteiger partial charge is 0.416 e. The Balaban J connectivity index is 1.96. The van der Waals surface area contributed by atoms with Crippen LogP contribution in [0.25, 0.3) is 0 Å². The fourth-order valence-electron chi connectivity index (χ4n) is 3.49. The van der Waals surface area contributed by atoms with E-state index in [4.69, 9.17) is 5.11 Å². The summed E-state index contributed by atoms with van der Waals surface area (Å²) in [4.78, 5) is 29.6. The number of hydrogen-bond acceptors (Lipinski definition) is 3. The average molecular weight is 354 g/mol. The van der Waals surface area contributed by atoms with Gasteiger partial charge in [0.25, 0.3) is 5.91 Å². The van der Waals surface area contributed by atoms with Crippen molar-refractivity contribution in [1.29, 1.82) is 0 Å². The van der Waals surface area contributed by atoms with Crippen LogP contribution in [0.3, 0.4) is 0 Å². The molecule has 0 aromatic heterocycles. The highest BCUT2D eigenvalue weighted by Crippen LogP contribution is 2.39. The van der Waals surface area contributed by atoms with Gasteiger partial charge in [-0.2, -0.15) is 13.2 Å². The highest BCUT2D eigenvalue weighted by atomic mass is 19.4. The summed E-state index contributed by atoms with van der Waals surface area (Å²) in [6.45, 7) is -0.466. The van der Waals surface area contributed by atoms with Crippen LogP contribution in [0, 0.1) is 0 Å². The Morgan fingerprint density at radius 2 is 1.76 bits per heavy atom. The lowest BCUT2D eigenvalue weighted by molar-refractivity contribution is -0.145. The van der Waals surface area contributed by atoms with E-state index in [2.05, 4.69) is 4.99 Å². The first kappa shape index (κ1) is 17.4. The van der Waals surface area contributed by atoms with Crippen LogP contribution in [0.15, 0.2) is 29.3 Å². The average Bonchev–Trinajstić information content (AvgIpc) is 2.80. The molecule has 0 saturated heterocycles. The maximum Gasteiger partial charge on any atom is 0.416 e. The number of halogens is 3. The van der Waals surface area contributed by atoms with Gasteiger partial charge in [0.05, 0.1) is 5.56 Å². The standard InChI is InChI=1S/C17H17F3N2O3/c18-17(19,20)12-6-4-11(5-7-12)14-15(25)22(10-13(23)24)16(21-14)8-2-1-3-9-16/h4-7H,1-3,8-10H2,(H,23,24). The molecule has 1 aliphatic carbocycles. The second-order valence-electron chi connectivity index (χ2n) is 6.36. The molecule has 1 spiro atoms. The minimum absolute atomic E-state index is 0.0388. The summed E-state index contributed by atoms with van der Waals surface area (Å²) >= 11 is 0. The number of benzene rings is 1. The molecule has 2 aliphatic rings. The van der Waals surface area contributed by atoms with E-state index in [0.29, 0.717) is 12.8 Å². The van der Waals surface area contributed by atoms with Crippen molar-refractivity contribution < 1.29 is 27.9 Å². The summed E-state index contributed by atoms with van der Waals surface area (Å²) in [7, 11) is 0. The first-order valence-corrected chi connectivity index (χ1v) is 8.04. The molecule has 0 unspecified atom stereocenters. The van der Waals surface area contributed by atoms with Gasteiger partial charge in [0.2, 0.25) is 0 Å². The summed E-state index contributed by atoms with van der Waals surface area (Å²) in [5.41, 5.74) is -1.38. The van der Waals surface area contributed by atoms with Crippen molar-refractivity contribution in [3.63, 3.8) is 0 Å². The van der Waals surface area contributed by atoms with E-state index >= 15 is 0 Å². The Hall–Kier alpha value is -2.38. The first-order valence-electron chi connectivity index (χ1n) is 8.04. The first-order chi connectivity index (χ1) is 11.7. The largest absolute Gasteiger partial charge is 0.480 e. The molecule has 0 bridgehead atoms. The summed E-state index contributed by atoms with van der Waals surface area (Å²) in [5, 5.41) is 9.12. The van der Waals surface area contributed by atoms with E-state index in [1.54, 1.807) is 0 Å². The van der Waals surface area contributed by atoms with Crippen LogP contribution in [-0.2, 0) is 15.8 Å². The minimum Gasteiger partial charge on any atom is -0.480 e. The van der Waals surface area contributed by atoms with Crippen molar-refractivity contribution in [3.8, 4) is 0 Å². The van der Waals surface area contributed by atoms with E-state index in [1.165, 1.54) is 17.0 Å². The van der Waals surface area contributed by atoms with Crippen LogP contribution in [0.1, 0.15) is 43.2 Å². The number of alkyl halides is 3. The van der Waals surface area contributed by atoms with Crippen molar-refractivity contribution in [1.82, 2.24) is 4.90 Å². The van der Waals surface area contributed by atoms with Crippen molar-refractivity contribution in [2.24, 2.45) is 4.99 Å². The molecule has 1 heterocycles. The van der Waals surface area contributed by atoms with E-state index in [9.17, 15) is 22.8 Å². The zero-order valence-corrected chi connectivity index (χ0v) is 13.3. The molecule has 1 aromatic rings. The third kappa shape index (κ3) is 3.25. The number of amides is 1. The number of carboxylic acids is 1. The number of carbonyl (C=O) groups excluding carboxylic acids is 1. The second-order valence-corrected chi connectivity index (χ2v) is 6.36. The molecule has 1 saturated carbocycles. The summed E-state index contributed by atoms with van der Waals surface area (Å²) in [6, 6.07) is 4.22. The topological polar surface area (TPSA) is 70.0 Å². The summed E-state index contributed by atoms with van der Waals surface area (Å²) in [6.07, 6.45) is -0.686. The van der Waals surface area contributed by atoms with Gasteiger partial charge >= 0.3 is 12.1 Å². The molecule has 25 heavy (non-hydrogen) atoms. The number of aliphatic imine (C=N–C) groups is 1. The number of carbonyl (C=O) groups is 2. The predicted octanol–water partition coefficient (Wildman–Crippen LogP) is 3.08. The molecule has 5 nitrogen and oxygen atoms in total. The Morgan fingerprint density at radius 1 is 1.16 bits per heavy atom. The third-order valence-electron chi connectivity index (χ3n) is 4.70. The molecule has 1 amide bonds. The van der Waals surface area contributed by atoms with Crippen LogP contribution in [0.2, 0.25) is 0 Å². The van der Waals surface area contributed by atoms with Gasteiger partial charge in [0, 0.05) is 5.56 Å². The molecule has 0 radical (unpaired) electrons. The number of carboxylic acid groups (broad SMARTS) is 1. The van der Waals surface area contributed by atoms with Gasteiger partial charge in [-0.25, -0.2) is 0 Å². The quantitative estimate of drug-likeness (QED) is 0.907. The Labute approximate surface area is 142 Å². The number of rotatable bonds is 3. The summed E-state index contributed by atoms with van der Waals surface area (Å²) < 4.78 is 38.1. The molecule has 1 aromatic carbocycles. The lowest BCUT2D eigenvalue weighted by Crippen LogP contribution is -2.50. The molecular formula is C17H17F3N2O3. The van der Waals surface area contributed by atoms with Gasteiger partial charge in [0.1, 0.15) is 17.9 Å². The van der Waals surface area contributed by atoms with Gasteiger partial charge in [-0.1, -0.05) is 18.6 Å². The normalized spacial score (nSPS) is 20.0. The Kier molecular flexibility index (Phi) is 4.30. The SMILES string of the molecule is O=C(O)CN1C(=O)C(c2ccc(C(F)(F)F)cc2)=NC12CCCCC2. The van der Waals surface area contributed by atoms with Crippen molar-refractivity contribution >= 4 is 17.6 Å². The van der Waals surface area contributed by atoms with Gasteiger partial charge in [-0.05, 0) is 37.8 Å². The van der Waals surface area contributed by atoms with Gasteiger partial charge in [0.15, 0.2) is 0 Å². The Morgan fingerprint density at radius 3 is 2.28 bits per heavy atom. The van der Waals surface area contributed by atoms with Crippen molar-refractivity contribution in [3.05, 3.63) is 35.4 Å². The zero-order valence-electron chi connectivity index (χ0n) is 13.3. The van der Waals surface area contributed by atoms with E-state index in [0.717, 1.165) is 31.4 Å². The fourth-order valence-corrected chi connectivity index (χ4v) is 3.49. The van der Waals surface area contributed by atoms with E-state index in [1.807, 2.05) is 0 Å². The van der Waals surface area contributed by atoms with Gasteiger partial charge in [-0.3, -0.25) is 14.6 Å². The van der Waals surface area contributed by atoms with Crippen molar-refractivity contribution in [2.45, 2.75) is 43.9 Å². The molecule has 1 fully saturated rings.